The third-order valence-electron chi connectivity index (χ3n) is 4.75. The Hall–Kier alpha value is -2.23. The topological polar surface area (TPSA) is 52.1 Å². The van der Waals surface area contributed by atoms with E-state index in [0.29, 0.717) is 18.3 Å². The Kier molecular flexibility index (Phi) is 7.76. The van der Waals surface area contributed by atoms with Gasteiger partial charge in [-0.15, -0.1) is 0 Å². The molecule has 1 unspecified atom stereocenters. The van der Waals surface area contributed by atoms with E-state index < -0.39 is 0 Å². The number of nitrogens with zero attached hydrogens (tertiary/aromatic N) is 2. The minimum absolute atomic E-state index is 0.172. The maximum Gasteiger partial charge on any atom is 0.313 e. The van der Waals surface area contributed by atoms with Crippen LogP contribution >= 0.6 is 0 Å². The molecule has 1 aromatic carbocycles. The number of aryl methyl sites for hydroxylation is 1. The molecular formula is C22H30N2O2. The number of carbonyl (C=O) groups is 1. The van der Waals surface area contributed by atoms with Crippen molar-refractivity contribution in [3.8, 4) is 11.4 Å². The van der Waals surface area contributed by atoms with Crippen molar-refractivity contribution >= 4 is 5.97 Å². The van der Waals surface area contributed by atoms with Crippen molar-refractivity contribution < 1.29 is 9.53 Å². The summed E-state index contributed by atoms with van der Waals surface area (Å²) in [5.74, 6) is 0.662. The zero-order valence-electron chi connectivity index (χ0n) is 16.4. The van der Waals surface area contributed by atoms with Gasteiger partial charge >= 0.3 is 5.97 Å². The van der Waals surface area contributed by atoms with E-state index in [1.807, 2.05) is 43.6 Å². The van der Waals surface area contributed by atoms with Gasteiger partial charge in [0.2, 0.25) is 0 Å². The van der Waals surface area contributed by atoms with E-state index in [1.165, 1.54) is 12.0 Å². The molecule has 0 bridgehead atoms. The van der Waals surface area contributed by atoms with Gasteiger partial charge in [-0.25, -0.2) is 9.97 Å². The van der Waals surface area contributed by atoms with Crippen LogP contribution in [0.2, 0.25) is 0 Å². The van der Waals surface area contributed by atoms with E-state index >= 15 is 0 Å². The molecule has 0 radical (unpaired) electrons. The molecule has 2 atom stereocenters. The van der Waals surface area contributed by atoms with Crippen LogP contribution in [0.5, 0.6) is 0 Å². The molecule has 4 nitrogen and oxygen atoms in total. The van der Waals surface area contributed by atoms with Gasteiger partial charge in [-0.1, -0.05) is 57.9 Å². The smallest absolute Gasteiger partial charge is 0.313 e. The molecule has 2 aromatic rings. The molecule has 140 valence electrons. The van der Waals surface area contributed by atoms with Crippen molar-refractivity contribution in [3.05, 3.63) is 47.8 Å². The molecule has 4 heteroatoms. The summed E-state index contributed by atoms with van der Waals surface area (Å²) in [7, 11) is 0. The van der Waals surface area contributed by atoms with Gasteiger partial charge in [-0.05, 0) is 36.8 Å². The minimum atomic E-state index is -0.273. The fraction of sp³-hybridized carbons (Fsp3) is 0.500. The van der Waals surface area contributed by atoms with Crippen molar-refractivity contribution in [1.82, 2.24) is 9.97 Å². The summed E-state index contributed by atoms with van der Waals surface area (Å²) in [5, 5.41) is 0. The van der Waals surface area contributed by atoms with Crippen LogP contribution in [0.25, 0.3) is 11.4 Å². The number of rotatable bonds is 9. The highest BCUT2D eigenvalue weighted by atomic mass is 16.5. The van der Waals surface area contributed by atoms with Crippen molar-refractivity contribution in [2.75, 3.05) is 6.61 Å². The highest BCUT2D eigenvalue weighted by Gasteiger charge is 2.17. The second kappa shape index (κ2) is 10.0. The predicted octanol–water partition coefficient (Wildman–Crippen LogP) is 5.18. The second-order valence-corrected chi connectivity index (χ2v) is 7.01. The van der Waals surface area contributed by atoms with Crippen LogP contribution in [-0.4, -0.2) is 22.5 Å². The maximum absolute atomic E-state index is 12.2. The largest absolute Gasteiger partial charge is 0.465 e. The van der Waals surface area contributed by atoms with Gasteiger partial charge in [0.05, 0.1) is 12.5 Å². The Balaban J connectivity index is 1.99. The van der Waals surface area contributed by atoms with E-state index in [-0.39, 0.29) is 11.9 Å². The third-order valence-corrected chi connectivity index (χ3v) is 4.75. The van der Waals surface area contributed by atoms with E-state index in [4.69, 9.17) is 4.74 Å². The van der Waals surface area contributed by atoms with Crippen LogP contribution in [0, 0.1) is 5.92 Å². The number of carbonyl (C=O) groups excluding carboxylic acids is 1. The van der Waals surface area contributed by atoms with E-state index in [1.54, 1.807) is 0 Å². The van der Waals surface area contributed by atoms with Gasteiger partial charge in [0.25, 0.3) is 0 Å². The average molecular weight is 354 g/mol. The molecule has 1 heterocycles. The molecule has 0 aliphatic carbocycles. The van der Waals surface area contributed by atoms with Crippen LogP contribution in [-0.2, 0) is 16.0 Å². The quantitative estimate of drug-likeness (QED) is 0.582. The minimum Gasteiger partial charge on any atom is -0.465 e. The fourth-order valence-electron chi connectivity index (χ4n) is 2.54. The first-order valence-corrected chi connectivity index (χ1v) is 9.63. The highest BCUT2D eigenvalue weighted by Crippen LogP contribution is 2.22. The summed E-state index contributed by atoms with van der Waals surface area (Å²) in [6.07, 6.45) is 8.16. The van der Waals surface area contributed by atoms with Crippen LogP contribution < -0.4 is 0 Å². The monoisotopic (exact) mass is 354 g/mol. The summed E-state index contributed by atoms with van der Waals surface area (Å²) in [6, 6.07) is 7.85. The maximum atomic E-state index is 12.2. The SMILES string of the molecule is CCCCc1cnc(-c2ccc([C@@H](C)C(=O)OCC(C)CC)cc2)nc1. The van der Waals surface area contributed by atoms with Crippen molar-refractivity contribution in [3.63, 3.8) is 0 Å². The molecule has 0 saturated heterocycles. The summed E-state index contributed by atoms with van der Waals surface area (Å²) < 4.78 is 5.41. The molecule has 0 N–H and O–H groups in total. The van der Waals surface area contributed by atoms with Gasteiger partial charge < -0.3 is 4.74 Å². The molecule has 0 saturated carbocycles. The van der Waals surface area contributed by atoms with Crippen LogP contribution in [0.4, 0.5) is 0 Å². The molecule has 0 fully saturated rings. The van der Waals surface area contributed by atoms with Gasteiger partial charge in [-0.2, -0.15) is 0 Å². The molecular weight excluding hydrogens is 324 g/mol. The zero-order valence-corrected chi connectivity index (χ0v) is 16.4. The zero-order chi connectivity index (χ0) is 18.9. The average Bonchev–Trinajstić information content (AvgIpc) is 2.70. The van der Waals surface area contributed by atoms with Crippen molar-refractivity contribution in [2.45, 2.75) is 59.3 Å². The fourth-order valence-corrected chi connectivity index (χ4v) is 2.54. The number of unbranched alkanes of at least 4 members (excludes halogenated alkanes) is 1. The van der Waals surface area contributed by atoms with Crippen molar-refractivity contribution in [1.29, 1.82) is 0 Å². The third kappa shape index (κ3) is 5.65. The number of benzene rings is 1. The van der Waals surface area contributed by atoms with Crippen LogP contribution in [0.1, 0.15) is 64.0 Å². The van der Waals surface area contributed by atoms with Gasteiger partial charge in [-0.3, -0.25) is 4.79 Å². The Morgan fingerprint density at radius 1 is 1.08 bits per heavy atom. The first-order valence-electron chi connectivity index (χ1n) is 9.63. The lowest BCUT2D eigenvalue weighted by molar-refractivity contribution is -0.146. The van der Waals surface area contributed by atoms with E-state index in [0.717, 1.165) is 30.4 Å². The Morgan fingerprint density at radius 2 is 1.73 bits per heavy atom. The van der Waals surface area contributed by atoms with E-state index in [9.17, 15) is 4.79 Å². The molecule has 26 heavy (non-hydrogen) atoms. The lowest BCUT2D eigenvalue weighted by Gasteiger charge is -2.14. The lowest BCUT2D eigenvalue weighted by Crippen LogP contribution is -2.16. The normalized spacial score (nSPS) is 13.2. The molecule has 0 amide bonds. The number of ether oxygens (including phenoxy) is 1. The number of hydrogen-bond acceptors (Lipinski definition) is 4. The van der Waals surface area contributed by atoms with Crippen LogP contribution in [0.3, 0.4) is 0 Å². The summed E-state index contributed by atoms with van der Waals surface area (Å²) in [4.78, 5) is 21.1. The van der Waals surface area contributed by atoms with Crippen molar-refractivity contribution in [2.24, 2.45) is 5.92 Å². The Bertz CT molecular complexity index is 680. The first kappa shape index (κ1) is 20.1. The van der Waals surface area contributed by atoms with Gasteiger partial charge in [0.15, 0.2) is 5.82 Å². The van der Waals surface area contributed by atoms with E-state index in [2.05, 4.69) is 30.7 Å². The molecule has 1 aromatic heterocycles. The summed E-state index contributed by atoms with van der Waals surface area (Å²) >= 11 is 0. The van der Waals surface area contributed by atoms with Crippen LogP contribution in [0.15, 0.2) is 36.7 Å². The molecule has 0 spiro atoms. The first-order chi connectivity index (χ1) is 12.5. The standard InChI is InChI=1S/C22H30N2O2/c1-5-7-8-18-13-23-21(24-14-18)20-11-9-19(10-12-20)17(4)22(25)26-15-16(3)6-2/h9-14,16-17H,5-8,15H2,1-4H3/t16?,17-/m1/s1. The van der Waals surface area contributed by atoms with Gasteiger partial charge in [0.1, 0.15) is 0 Å². The Morgan fingerprint density at radius 3 is 2.31 bits per heavy atom. The van der Waals surface area contributed by atoms with Gasteiger partial charge in [0, 0.05) is 18.0 Å². The number of hydrogen-bond donors (Lipinski definition) is 0. The summed E-state index contributed by atoms with van der Waals surface area (Å²) in [6.45, 7) is 8.72. The molecule has 2 rings (SSSR count). The molecule has 0 aliphatic heterocycles. The lowest BCUT2D eigenvalue weighted by atomic mass is 9.99. The predicted molar refractivity (Wildman–Crippen MR) is 105 cm³/mol. The summed E-state index contributed by atoms with van der Waals surface area (Å²) in [5.41, 5.74) is 3.07. The highest BCUT2D eigenvalue weighted by molar-refractivity contribution is 5.78. The second-order valence-electron chi connectivity index (χ2n) is 7.01. The molecule has 0 aliphatic rings. The number of esters is 1. The Labute approximate surface area is 157 Å². The number of aromatic nitrogens is 2.